The number of benzene rings is 1. The number of esters is 1. The van der Waals surface area contributed by atoms with Crippen LogP contribution in [-0.2, 0) is 22.6 Å². The van der Waals surface area contributed by atoms with Crippen molar-refractivity contribution in [3.8, 4) is 0 Å². The zero-order valence-electron chi connectivity index (χ0n) is 17.2. The minimum atomic E-state index is -0.408. The van der Waals surface area contributed by atoms with Crippen molar-refractivity contribution < 1.29 is 14.3 Å². The van der Waals surface area contributed by atoms with Crippen molar-refractivity contribution in [2.45, 2.75) is 33.1 Å². The molecule has 1 saturated heterocycles. The highest BCUT2D eigenvalue weighted by Crippen LogP contribution is 2.33. The lowest BCUT2D eigenvalue weighted by Gasteiger charge is -2.26. The number of rotatable bonds is 6. The van der Waals surface area contributed by atoms with Gasteiger partial charge < -0.3 is 14.5 Å². The number of hydrogen-bond donors (Lipinski definition) is 1. The van der Waals surface area contributed by atoms with Crippen LogP contribution in [0.5, 0.6) is 0 Å². The fourth-order valence-electron chi connectivity index (χ4n) is 3.94. The Morgan fingerprint density at radius 1 is 1.24 bits per heavy atom. The van der Waals surface area contributed by atoms with Gasteiger partial charge in [0.2, 0.25) is 0 Å². The summed E-state index contributed by atoms with van der Waals surface area (Å²) in [6, 6.07) is 6.34. The zero-order chi connectivity index (χ0) is 20.4. The molecule has 7 heteroatoms. The van der Waals surface area contributed by atoms with E-state index in [2.05, 4.69) is 33.1 Å². The van der Waals surface area contributed by atoms with Gasteiger partial charge >= 0.3 is 5.97 Å². The quantitative estimate of drug-likeness (QED) is 0.617. The van der Waals surface area contributed by atoms with E-state index in [0.717, 1.165) is 47.0 Å². The molecule has 1 N–H and O–H groups in total. The number of fused-ring (bicyclic) bond motifs is 3. The number of pyridine rings is 1. The van der Waals surface area contributed by atoms with E-state index in [1.807, 2.05) is 25.6 Å². The molecule has 0 radical (unpaired) electrons. The third kappa shape index (κ3) is 4.13. The number of ether oxygens (including phenoxy) is 2. The Morgan fingerprint density at radius 2 is 2.03 bits per heavy atom. The maximum Gasteiger partial charge on any atom is 0.357 e. The number of carbonyl (C=O) groups is 1. The average molecular weight is 414 g/mol. The Labute approximate surface area is 175 Å². The topological polar surface area (TPSA) is 67.5 Å². The molecule has 3 aromatic rings. The van der Waals surface area contributed by atoms with Crippen molar-refractivity contribution in [2.75, 3.05) is 31.7 Å². The second kappa shape index (κ2) is 8.73. The summed E-state index contributed by atoms with van der Waals surface area (Å²) in [5, 5.41) is 2.16. The van der Waals surface area contributed by atoms with Crippen LogP contribution in [0.2, 0.25) is 0 Å². The summed E-state index contributed by atoms with van der Waals surface area (Å²) in [5.74, 6) is 1.94. The molecule has 0 unspecified atom stereocenters. The van der Waals surface area contributed by atoms with Crippen LogP contribution < -0.4 is 0 Å². The van der Waals surface area contributed by atoms with Crippen molar-refractivity contribution in [3.05, 3.63) is 41.2 Å². The van der Waals surface area contributed by atoms with Gasteiger partial charge in [0, 0.05) is 60.1 Å². The van der Waals surface area contributed by atoms with Gasteiger partial charge in [0.05, 0.1) is 24.4 Å². The maximum absolute atomic E-state index is 12.7. The number of nitrogens with one attached hydrogen (secondary N) is 1. The third-order valence-corrected chi connectivity index (χ3v) is 6.11. The molecule has 0 atom stereocenters. The van der Waals surface area contributed by atoms with Gasteiger partial charge in [0.1, 0.15) is 0 Å². The first-order valence-corrected chi connectivity index (χ1v) is 11.1. The van der Waals surface area contributed by atoms with Crippen LogP contribution in [-0.4, -0.2) is 58.6 Å². The summed E-state index contributed by atoms with van der Waals surface area (Å²) >= 11 is 2.01. The van der Waals surface area contributed by atoms with E-state index in [1.165, 1.54) is 17.1 Å². The van der Waals surface area contributed by atoms with Gasteiger partial charge in [-0.1, -0.05) is 12.1 Å². The van der Waals surface area contributed by atoms with Crippen LogP contribution in [0.3, 0.4) is 0 Å². The van der Waals surface area contributed by atoms with Crippen LogP contribution in [0.15, 0.2) is 24.4 Å². The van der Waals surface area contributed by atoms with Gasteiger partial charge in [-0.15, -0.1) is 0 Å². The molecule has 1 aromatic carbocycles. The summed E-state index contributed by atoms with van der Waals surface area (Å²) in [4.78, 5) is 23.1. The first-order chi connectivity index (χ1) is 14.1. The predicted octanol–water partition coefficient (Wildman–Crippen LogP) is 3.98. The number of methoxy groups -OCH3 is 1. The summed E-state index contributed by atoms with van der Waals surface area (Å²) in [5.41, 5.74) is 4.33. The van der Waals surface area contributed by atoms with E-state index in [9.17, 15) is 4.79 Å². The highest BCUT2D eigenvalue weighted by molar-refractivity contribution is 7.99. The largest absolute Gasteiger partial charge is 0.458 e. The van der Waals surface area contributed by atoms with Gasteiger partial charge in [0.15, 0.2) is 5.69 Å². The lowest BCUT2D eigenvalue weighted by molar-refractivity contribution is 0.0366. The monoisotopic (exact) mass is 413 g/mol. The molecule has 0 amide bonds. The molecule has 0 saturated carbocycles. The van der Waals surface area contributed by atoms with Crippen LogP contribution in [0.25, 0.3) is 21.8 Å². The van der Waals surface area contributed by atoms with Gasteiger partial charge in [-0.25, -0.2) is 9.78 Å². The van der Waals surface area contributed by atoms with Gasteiger partial charge in [0.25, 0.3) is 0 Å². The SMILES string of the molecule is COCc1c(C(=O)OC(C)C)ncc2[nH]c3cccc(CN4CCSCC4)c3c12. The maximum atomic E-state index is 12.7. The molecule has 0 spiro atoms. The Hall–Kier alpha value is -2.09. The average Bonchev–Trinajstić information content (AvgIpc) is 3.08. The molecule has 29 heavy (non-hydrogen) atoms. The Kier molecular flexibility index (Phi) is 6.08. The normalized spacial score (nSPS) is 15.4. The Morgan fingerprint density at radius 3 is 2.76 bits per heavy atom. The summed E-state index contributed by atoms with van der Waals surface area (Å²) in [7, 11) is 1.64. The number of aromatic amines is 1. The van der Waals surface area contributed by atoms with E-state index in [-0.39, 0.29) is 6.10 Å². The molecule has 3 heterocycles. The number of aromatic nitrogens is 2. The first-order valence-electron chi connectivity index (χ1n) is 9.99. The highest BCUT2D eigenvalue weighted by atomic mass is 32.2. The molecule has 2 aromatic heterocycles. The van der Waals surface area contributed by atoms with Crippen molar-refractivity contribution in [1.29, 1.82) is 0 Å². The van der Waals surface area contributed by atoms with Crippen molar-refractivity contribution >= 4 is 39.5 Å². The van der Waals surface area contributed by atoms with E-state index in [0.29, 0.717) is 12.3 Å². The minimum absolute atomic E-state index is 0.203. The van der Waals surface area contributed by atoms with Crippen molar-refractivity contribution in [1.82, 2.24) is 14.9 Å². The fourth-order valence-corrected chi connectivity index (χ4v) is 4.92. The fraction of sp³-hybridized carbons (Fsp3) is 0.455. The smallest absolute Gasteiger partial charge is 0.357 e. The summed E-state index contributed by atoms with van der Waals surface area (Å²) in [6.07, 6.45) is 1.53. The lowest BCUT2D eigenvalue weighted by atomic mass is 10.0. The molecular weight excluding hydrogens is 386 g/mol. The van der Waals surface area contributed by atoms with Crippen molar-refractivity contribution in [2.24, 2.45) is 0 Å². The molecule has 154 valence electrons. The van der Waals surface area contributed by atoms with Crippen molar-refractivity contribution in [3.63, 3.8) is 0 Å². The molecule has 4 rings (SSSR count). The van der Waals surface area contributed by atoms with Crippen LogP contribution in [0, 0.1) is 0 Å². The van der Waals surface area contributed by atoms with E-state index in [1.54, 1.807) is 13.3 Å². The van der Waals surface area contributed by atoms with Crippen LogP contribution in [0.4, 0.5) is 0 Å². The second-order valence-corrected chi connectivity index (χ2v) is 8.84. The van der Waals surface area contributed by atoms with Gasteiger partial charge in [-0.3, -0.25) is 4.90 Å². The van der Waals surface area contributed by atoms with E-state index in [4.69, 9.17) is 9.47 Å². The number of hydrogen-bond acceptors (Lipinski definition) is 6. The number of nitrogens with zero attached hydrogens (tertiary/aromatic N) is 2. The minimum Gasteiger partial charge on any atom is -0.458 e. The van der Waals surface area contributed by atoms with Gasteiger partial charge in [-0.05, 0) is 25.5 Å². The first kappa shape index (κ1) is 20.2. The molecule has 6 nitrogen and oxygen atoms in total. The predicted molar refractivity (Wildman–Crippen MR) is 117 cm³/mol. The van der Waals surface area contributed by atoms with Crippen LogP contribution in [0.1, 0.15) is 35.5 Å². The number of carbonyl (C=O) groups excluding carboxylic acids is 1. The molecule has 1 fully saturated rings. The number of H-pyrrole nitrogens is 1. The Bertz CT molecular complexity index is 1020. The molecule has 1 aliphatic heterocycles. The highest BCUT2D eigenvalue weighted by Gasteiger charge is 2.23. The van der Waals surface area contributed by atoms with E-state index < -0.39 is 5.97 Å². The molecule has 0 aliphatic carbocycles. The lowest BCUT2D eigenvalue weighted by Crippen LogP contribution is -2.32. The standard InChI is InChI=1S/C22H27N3O3S/c1-14(2)28-22(26)21-16(13-27-3)20-18(11-23-21)24-17-6-4-5-15(19(17)20)12-25-7-9-29-10-8-25/h4-6,11,14,24H,7-10,12-13H2,1-3H3. The van der Waals surface area contributed by atoms with E-state index >= 15 is 0 Å². The number of thioether (sulfide) groups is 1. The molecular formula is C22H27N3O3S. The molecule has 1 aliphatic rings. The summed E-state index contributed by atoms with van der Waals surface area (Å²) in [6.45, 7) is 7.07. The van der Waals surface area contributed by atoms with Gasteiger partial charge in [-0.2, -0.15) is 11.8 Å². The zero-order valence-corrected chi connectivity index (χ0v) is 18.0. The molecule has 0 bridgehead atoms. The second-order valence-electron chi connectivity index (χ2n) is 7.61. The summed E-state index contributed by atoms with van der Waals surface area (Å²) < 4.78 is 10.9. The third-order valence-electron chi connectivity index (χ3n) is 5.17. The Balaban J connectivity index is 1.87. The van der Waals surface area contributed by atoms with Crippen LogP contribution >= 0.6 is 11.8 Å².